The molecule has 1 aliphatic heterocycles. The second kappa shape index (κ2) is 8.60. The summed E-state index contributed by atoms with van der Waals surface area (Å²) in [5.41, 5.74) is 7.15. The van der Waals surface area contributed by atoms with E-state index in [0.717, 1.165) is 18.0 Å². The van der Waals surface area contributed by atoms with Gasteiger partial charge in [0.1, 0.15) is 5.37 Å². The molecule has 0 aliphatic carbocycles. The number of urea groups is 1. The lowest BCUT2D eigenvalue weighted by molar-refractivity contribution is 0.214. The number of hydrogen-bond acceptors (Lipinski definition) is 2. The van der Waals surface area contributed by atoms with Crippen molar-refractivity contribution in [1.82, 2.24) is 4.90 Å². The molecule has 0 bridgehead atoms. The van der Waals surface area contributed by atoms with Crippen LogP contribution in [0.2, 0.25) is 0 Å². The molecular weight excluding hydrogens is 364 g/mol. The topological polar surface area (TPSA) is 32.3 Å². The molecule has 28 heavy (non-hydrogen) atoms. The Labute approximate surface area is 173 Å². The van der Waals surface area contributed by atoms with Crippen molar-refractivity contribution in [3.63, 3.8) is 0 Å². The van der Waals surface area contributed by atoms with E-state index < -0.39 is 0 Å². The Bertz CT molecular complexity index is 833. The van der Waals surface area contributed by atoms with Gasteiger partial charge in [-0.05, 0) is 47.9 Å². The fraction of sp³-hybridized carbons (Fsp3) is 0.458. The zero-order valence-electron chi connectivity index (χ0n) is 17.9. The summed E-state index contributed by atoms with van der Waals surface area (Å²) in [4.78, 5) is 15.3. The number of benzene rings is 2. The lowest BCUT2D eigenvalue weighted by Crippen LogP contribution is -2.35. The van der Waals surface area contributed by atoms with Gasteiger partial charge in [-0.15, -0.1) is 11.8 Å². The molecule has 1 fully saturated rings. The van der Waals surface area contributed by atoms with Crippen molar-refractivity contribution in [2.45, 2.75) is 58.8 Å². The second-order valence-electron chi connectivity index (χ2n) is 8.33. The largest absolute Gasteiger partial charge is 0.323 e. The van der Waals surface area contributed by atoms with E-state index in [1.165, 1.54) is 27.8 Å². The summed E-state index contributed by atoms with van der Waals surface area (Å²) in [6.45, 7) is 13.7. The third-order valence-electron chi connectivity index (χ3n) is 5.45. The lowest BCUT2D eigenvalue weighted by Gasteiger charge is -2.28. The van der Waals surface area contributed by atoms with Gasteiger partial charge in [0.05, 0.1) is 0 Å². The minimum Gasteiger partial charge on any atom is -0.308 e. The van der Waals surface area contributed by atoms with Crippen molar-refractivity contribution in [3.8, 4) is 0 Å². The van der Waals surface area contributed by atoms with E-state index in [2.05, 4.69) is 83.3 Å². The Hall–Kier alpha value is -1.94. The highest BCUT2D eigenvalue weighted by atomic mass is 32.2. The highest BCUT2D eigenvalue weighted by molar-refractivity contribution is 7.99. The first-order valence-electron chi connectivity index (χ1n) is 10.2. The molecule has 1 atom stereocenters. The highest BCUT2D eigenvalue weighted by Crippen LogP contribution is 2.40. The van der Waals surface area contributed by atoms with E-state index in [4.69, 9.17) is 0 Å². The third-order valence-corrected chi connectivity index (χ3v) is 6.69. The van der Waals surface area contributed by atoms with Gasteiger partial charge in [0.2, 0.25) is 0 Å². The number of nitrogens with one attached hydrogen (secondary N) is 1. The number of para-hydroxylation sites is 1. The normalized spacial score (nSPS) is 16.9. The van der Waals surface area contributed by atoms with Gasteiger partial charge in [-0.2, -0.15) is 0 Å². The van der Waals surface area contributed by atoms with Crippen LogP contribution >= 0.6 is 11.8 Å². The smallest absolute Gasteiger partial charge is 0.308 e. The molecule has 0 saturated carbocycles. The number of amides is 2. The van der Waals surface area contributed by atoms with Crippen molar-refractivity contribution in [1.29, 1.82) is 0 Å². The molecule has 1 aliphatic rings. The number of nitrogens with zero attached hydrogens (tertiary/aromatic N) is 1. The maximum Gasteiger partial charge on any atom is 0.323 e. The van der Waals surface area contributed by atoms with Crippen LogP contribution in [-0.4, -0.2) is 23.2 Å². The van der Waals surface area contributed by atoms with Crippen LogP contribution in [0.15, 0.2) is 36.4 Å². The number of aryl methyl sites for hydroxylation is 2. The van der Waals surface area contributed by atoms with E-state index in [1.807, 2.05) is 16.7 Å². The summed E-state index contributed by atoms with van der Waals surface area (Å²) < 4.78 is 0. The summed E-state index contributed by atoms with van der Waals surface area (Å²) >= 11 is 1.85. The van der Waals surface area contributed by atoms with E-state index in [9.17, 15) is 4.79 Å². The molecule has 2 aromatic rings. The Morgan fingerprint density at radius 3 is 2.29 bits per heavy atom. The van der Waals surface area contributed by atoms with E-state index in [1.54, 1.807) is 0 Å². The summed E-state index contributed by atoms with van der Waals surface area (Å²) in [6.07, 6.45) is 0. The SMILES string of the molecule is Cc1ccc([C@@H]2SCCN2C(=O)Nc2c(C(C)C)cccc2C(C)C)c(C)c1. The predicted molar refractivity (Wildman–Crippen MR) is 121 cm³/mol. The van der Waals surface area contributed by atoms with Crippen molar-refractivity contribution in [2.24, 2.45) is 0 Å². The Balaban J connectivity index is 1.90. The van der Waals surface area contributed by atoms with Crippen LogP contribution < -0.4 is 5.32 Å². The molecule has 1 N–H and O–H groups in total. The van der Waals surface area contributed by atoms with Gasteiger partial charge in [0.15, 0.2) is 0 Å². The zero-order valence-corrected chi connectivity index (χ0v) is 18.7. The van der Waals surface area contributed by atoms with Gasteiger partial charge in [0, 0.05) is 18.0 Å². The van der Waals surface area contributed by atoms with Gasteiger partial charge in [-0.1, -0.05) is 69.7 Å². The van der Waals surface area contributed by atoms with Crippen LogP contribution in [0.4, 0.5) is 10.5 Å². The zero-order chi connectivity index (χ0) is 20.4. The van der Waals surface area contributed by atoms with Crippen LogP contribution in [0.25, 0.3) is 0 Å². The summed E-state index contributed by atoms with van der Waals surface area (Å²) in [5.74, 6) is 1.68. The number of anilines is 1. The summed E-state index contributed by atoms with van der Waals surface area (Å²) in [5, 5.41) is 3.37. The van der Waals surface area contributed by atoms with Crippen molar-refractivity contribution < 1.29 is 4.79 Å². The average molecular weight is 397 g/mol. The van der Waals surface area contributed by atoms with Crippen LogP contribution in [0.5, 0.6) is 0 Å². The molecule has 3 rings (SSSR count). The molecule has 0 unspecified atom stereocenters. The predicted octanol–water partition coefficient (Wildman–Crippen LogP) is 6.83. The van der Waals surface area contributed by atoms with Crippen molar-refractivity contribution >= 4 is 23.5 Å². The molecule has 1 saturated heterocycles. The molecular formula is C24H32N2OS. The first-order valence-corrected chi connectivity index (χ1v) is 11.2. The molecule has 2 aromatic carbocycles. The Kier molecular flexibility index (Phi) is 6.39. The monoisotopic (exact) mass is 396 g/mol. The first kappa shape index (κ1) is 20.8. The number of thioether (sulfide) groups is 1. The molecule has 0 aromatic heterocycles. The molecule has 0 radical (unpaired) electrons. The standard InChI is InChI=1S/C24H32N2OS/c1-15(2)19-8-7-9-20(16(3)4)22(19)25-24(27)26-12-13-28-23(26)21-11-10-17(5)14-18(21)6/h7-11,14-16,23H,12-13H2,1-6H3,(H,25,27)/t23-/m0/s1. The minimum atomic E-state index is 0.00461. The van der Waals surface area contributed by atoms with Crippen molar-refractivity contribution in [2.75, 3.05) is 17.6 Å². The summed E-state index contributed by atoms with van der Waals surface area (Å²) in [6, 6.07) is 12.9. The maximum absolute atomic E-state index is 13.3. The highest BCUT2D eigenvalue weighted by Gasteiger charge is 2.32. The number of hydrogen-bond donors (Lipinski definition) is 1. The number of carbonyl (C=O) groups is 1. The Morgan fingerprint density at radius 1 is 1.07 bits per heavy atom. The van der Waals surface area contributed by atoms with Crippen LogP contribution in [0, 0.1) is 13.8 Å². The Morgan fingerprint density at radius 2 is 1.71 bits per heavy atom. The van der Waals surface area contributed by atoms with Crippen molar-refractivity contribution in [3.05, 3.63) is 64.2 Å². The third kappa shape index (κ3) is 4.22. The first-order chi connectivity index (χ1) is 13.3. The van der Waals surface area contributed by atoms with Crippen LogP contribution in [-0.2, 0) is 0 Å². The molecule has 1 heterocycles. The molecule has 2 amide bonds. The van der Waals surface area contributed by atoms with Crippen LogP contribution in [0.1, 0.15) is 72.7 Å². The van der Waals surface area contributed by atoms with Gasteiger partial charge in [-0.3, -0.25) is 0 Å². The van der Waals surface area contributed by atoms with Gasteiger partial charge in [0.25, 0.3) is 0 Å². The maximum atomic E-state index is 13.3. The molecule has 0 spiro atoms. The number of rotatable bonds is 4. The van der Waals surface area contributed by atoms with Crippen LogP contribution in [0.3, 0.4) is 0 Å². The van der Waals surface area contributed by atoms with E-state index in [-0.39, 0.29) is 11.4 Å². The molecule has 3 nitrogen and oxygen atoms in total. The average Bonchev–Trinajstić information content (AvgIpc) is 3.11. The van der Waals surface area contributed by atoms with E-state index >= 15 is 0 Å². The fourth-order valence-corrected chi connectivity index (χ4v) is 5.26. The molecule has 4 heteroatoms. The minimum absolute atomic E-state index is 0.00461. The fourth-order valence-electron chi connectivity index (χ4n) is 3.91. The second-order valence-corrected chi connectivity index (χ2v) is 9.52. The van der Waals surface area contributed by atoms with Gasteiger partial charge < -0.3 is 10.2 Å². The van der Waals surface area contributed by atoms with Gasteiger partial charge >= 0.3 is 6.03 Å². The molecule has 150 valence electrons. The van der Waals surface area contributed by atoms with E-state index in [0.29, 0.717) is 11.8 Å². The lowest BCUT2D eigenvalue weighted by atomic mass is 9.93. The quantitative estimate of drug-likeness (QED) is 0.614. The number of carbonyl (C=O) groups excluding carboxylic acids is 1. The van der Waals surface area contributed by atoms with Gasteiger partial charge in [-0.25, -0.2) is 4.79 Å². The summed E-state index contributed by atoms with van der Waals surface area (Å²) in [7, 11) is 0.